The van der Waals surface area contributed by atoms with Gasteiger partial charge in [-0.25, -0.2) is 12.8 Å². The summed E-state index contributed by atoms with van der Waals surface area (Å²) >= 11 is 0. The number of benzene rings is 1. The molecule has 2 rings (SSSR count). The molecule has 2 N–H and O–H groups in total. The standard InChI is InChI=1S/C12H15FN2O2S/c1-2-8-15(9-6-7-9)18(16,17)11-5-3-4-10(13)12(11)14/h2-5,9H,1,6-8,14H2. The Bertz CT molecular complexity index is 567. The smallest absolute Gasteiger partial charge is 0.245 e. The van der Waals surface area contributed by atoms with E-state index < -0.39 is 15.8 Å². The monoisotopic (exact) mass is 270 g/mol. The Morgan fingerprint density at radius 1 is 1.50 bits per heavy atom. The van der Waals surface area contributed by atoms with E-state index in [1.165, 1.54) is 22.5 Å². The summed E-state index contributed by atoms with van der Waals surface area (Å²) < 4.78 is 39.5. The highest BCUT2D eigenvalue weighted by atomic mass is 32.2. The third kappa shape index (κ3) is 2.26. The van der Waals surface area contributed by atoms with E-state index in [1.54, 1.807) is 0 Å². The molecule has 0 aromatic heterocycles. The Hall–Kier alpha value is -1.40. The van der Waals surface area contributed by atoms with Crippen LogP contribution in [0.3, 0.4) is 0 Å². The van der Waals surface area contributed by atoms with Crippen LogP contribution in [0.5, 0.6) is 0 Å². The summed E-state index contributed by atoms with van der Waals surface area (Å²) in [5, 5.41) is 0. The quantitative estimate of drug-likeness (QED) is 0.655. The van der Waals surface area contributed by atoms with E-state index in [0.29, 0.717) is 0 Å². The van der Waals surface area contributed by atoms with Crippen LogP contribution >= 0.6 is 0 Å². The molecule has 1 saturated carbocycles. The molecular weight excluding hydrogens is 255 g/mol. The number of nitrogens with two attached hydrogens (primary N) is 1. The summed E-state index contributed by atoms with van der Waals surface area (Å²) in [5.74, 6) is -0.717. The molecule has 0 radical (unpaired) electrons. The van der Waals surface area contributed by atoms with Gasteiger partial charge in [-0.3, -0.25) is 0 Å². The van der Waals surface area contributed by atoms with Crippen LogP contribution in [0, 0.1) is 5.82 Å². The summed E-state index contributed by atoms with van der Waals surface area (Å²) in [5.41, 5.74) is 5.19. The number of anilines is 1. The maximum Gasteiger partial charge on any atom is 0.245 e. The largest absolute Gasteiger partial charge is 0.395 e. The molecule has 1 aromatic rings. The number of para-hydroxylation sites is 1. The Balaban J connectivity index is 2.46. The molecule has 0 saturated heterocycles. The number of hydrogen-bond donors (Lipinski definition) is 1. The van der Waals surface area contributed by atoms with E-state index >= 15 is 0 Å². The first kappa shape index (κ1) is 13.0. The highest BCUT2D eigenvalue weighted by molar-refractivity contribution is 7.89. The van der Waals surface area contributed by atoms with Gasteiger partial charge in [-0.2, -0.15) is 4.31 Å². The van der Waals surface area contributed by atoms with E-state index in [9.17, 15) is 12.8 Å². The Morgan fingerprint density at radius 2 is 2.17 bits per heavy atom. The second kappa shape index (κ2) is 4.70. The first-order valence-corrected chi connectivity index (χ1v) is 7.09. The first-order valence-electron chi connectivity index (χ1n) is 5.65. The van der Waals surface area contributed by atoms with Crippen molar-refractivity contribution < 1.29 is 12.8 Å². The summed E-state index contributed by atoms with van der Waals surface area (Å²) in [6, 6.07) is 3.79. The van der Waals surface area contributed by atoms with E-state index in [0.717, 1.165) is 18.9 Å². The topological polar surface area (TPSA) is 63.4 Å². The third-order valence-corrected chi connectivity index (χ3v) is 4.84. The lowest BCUT2D eigenvalue weighted by molar-refractivity contribution is 0.436. The molecule has 4 nitrogen and oxygen atoms in total. The van der Waals surface area contributed by atoms with Crippen molar-refractivity contribution in [2.24, 2.45) is 0 Å². The maximum absolute atomic E-state index is 13.3. The maximum atomic E-state index is 13.3. The minimum atomic E-state index is -3.76. The van der Waals surface area contributed by atoms with Crippen molar-refractivity contribution in [3.05, 3.63) is 36.7 Å². The van der Waals surface area contributed by atoms with Gasteiger partial charge in [0.05, 0.1) is 5.69 Å². The summed E-state index contributed by atoms with van der Waals surface area (Å²) in [6.45, 7) is 3.76. The molecule has 1 aliphatic rings. The number of nitrogens with zero attached hydrogens (tertiary/aromatic N) is 1. The van der Waals surface area contributed by atoms with Crippen molar-refractivity contribution in [1.29, 1.82) is 0 Å². The van der Waals surface area contributed by atoms with Gasteiger partial charge in [0.15, 0.2) is 0 Å². The number of nitrogen functional groups attached to an aromatic ring is 1. The number of halogens is 1. The van der Waals surface area contributed by atoms with Crippen LogP contribution in [0.25, 0.3) is 0 Å². The number of sulfonamides is 1. The number of rotatable bonds is 5. The van der Waals surface area contributed by atoms with Crippen LogP contribution in [0.4, 0.5) is 10.1 Å². The predicted octanol–water partition coefficient (Wildman–Crippen LogP) is 1.75. The van der Waals surface area contributed by atoms with Gasteiger partial charge in [0.1, 0.15) is 10.7 Å². The second-order valence-corrected chi connectivity index (χ2v) is 6.11. The Morgan fingerprint density at radius 3 is 2.72 bits per heavy atom. The molecule has 1 fully saturated rings. The zero-order valence-electron chi connectivity index (χ0n) is 9.84. The zero-order valence-corrected chi connectivity index (χ0v) is 10.7. The number of hydrogen-bond acceptors (Lipinski definition) is 3. The molecule has 0 amide bonds. The Labute approximate surface area is 106 Å². The highest BCUT2D eigenvalue weighted by Gasteiger charge is 2.38. The average molecular weight is 270 g/mol. The normalized spacial score (nSPS) is 15.9. The van der Waals surface area contributed by atoms with Crippen LogP contribution in [0.15, 0.2) is 35.7 Å². The lowest BCUT2D eigenvalue weighted by atomic mass is 10.3. The molecule has 1 aliphatic carbocycles. The Kier molecular flexibility index (Phi) is 3.41. The van der Waals surface area contributed by atoms with Crippen LogP contribution in [0.2, 0.25) is 0 Å². The molecule has 1 aromatic carbocycles. The molecule has 0 atom stereocenters. The molecule has 0 unspecified atom stereocenters. The molecule has 0 spiro atoms. The lowest BCUT2D eigenvalue weighted by Gasteiger charge is -2.21. The summed E-state index contributed by atoms with van der Waals surface area (Å²) in [6.07, 6.45) is 3.16. The molecule has 18 heavy (non-hydrogen) atoms. The fourth-order valence-electron chi connectivity index (χ4n) is 1.80. The van der Waals surface area contributed by atoms with Crippen molar-refractivity contribution >= 4 is 15.7 Å². The first-order chi connectivity index (χ1) is 8.48. The van der Waals surface area contributed by atoms with Crippen LogP contribution in [0.1, 0.15) is 12.8 Å². The van der Waals surface area contributed by atoms with Gasteiger partial charge in [-0.1, -0.05) is 12.1 Å². The minimum Gasteiger partial charge on any atom is -0.395 e. The van der Waals surface area contributed by atoms with Crippen LogP contribution < -0.4 is 5.73 Å². The van der Waals surface area contributed by atoms with E-state index in [4.69, 9.17) is 5.73 Å². The second-order valence-electron chi connectivity index (χ2n) is 4.25. The van der Waals surface area contributed by atoms with E-state index in [1.807, 2.05) is 0 Å². The van der Waals surface area contributed by atoms with Gasteiger partial charge >= 0.3 is 0 Å². The zero-order chi connectivity index (χ0) is 13.3. The van der Waals surface area contributed by atoms with E-state index in [2.05, 4.69) is 6.58 Å². The van der Waals surface area contributed by atoms with Crippen molar-refractivity contribution in [3.63, 3.8) is 0 Å². The lowest BCUT2D eigenvalue weighted by Crippen LogP contribution is -2.33. The van der Waals surface area contributed by atoms with Crippen LogP contribution in [-0.4, -0.2) is 25.3 Å². The van der Waals surface area contributed by atoms with Gasteiger partial charge in [0.25, 0.3) is 0 Å². The minimum absolute atomic E-state index is 0.0179. The molecule has 98 valence electrons. The molecule has 0 heterocycles. The predicted molar refractivity (Wildman–Crippen MR) is 67.9 cm³/mol. The molecule has 0 aliphatic heterocycles. The van der Waals surface area contributed by atoms with Gasteiger partial charge in [0.2, 0.25) is 10.0 Å². The summed E-state index contributed by atoms with van der Waals surface area (Å²) in [7, 11) is -3.76. The van der Waals surface area contributed by atoms with Gasteiger partial charge in [-0.05, 0) is 25.0 Å². The highest BCUT2D eigenvalue weighted by Crippen LogP contribution is 2.33. The average Bonchev–Trinajstić information content (AvgIpc) is 3.13. The molecule has 6 heteroatoms. The van der Waals surface area contributed by atoms with Gasteiger partial charge < -0.3 is 5.73 Å². The summed E-state index contributed by atoms with van der Waals surface area (Å²) in [4.78, 5) is -0.170. The fraction of sp³-hybridized carbons (Fsp3) is 0.333. The SMILES string of the molecule is C=CCN(C1CC1)S(=O)(=O)c1cccc(F)c1N. The van der Waals surface area contributed by atoms with Crippen molar-refractivity contribution in [3.8, 4) is 0 Å². The van der Waals surface area contributed by atoms with E-state index in [-0.39, 0.29) is 23.2 Å². The third-order valence-electron chi connectivity index (χ3n) is 2.86. The fourth-order valence-corrected chi connectivity index (χ4v) is 3.59. The van der Waals surface area contributed by atoms with Crippen molar-refractivity contribution in [1.82, 2.24) is 4.31 Å². The molecular formula is C12H15FN2O2S. The van der Waals surface area contributed by atoms with Gasteiger partial charge in [-0.15, -0.1) is 6.58 Å². The van der Waals surface area contributed by atoms with Crippen LogP contribution in [-0.2, 0) is 10.0 Å². The molecule has 0 bridgehead atoms. The van der Waals surface area contributed by atoms with Crippen molar-refractivity contribution in [2.75, 3.05) is 12.3 Å². The van der Waals surface area contributed by atoms with Gasteiger partial charge in [0, 0.05) is 12.6 Å². The van der Waals surface area contributed by atoms with Crippen molar-refractivity contribution in [2.45, 2.75) is 23.8 Å².